The fourth-order valence-corrected chi connectivity index (χ4v) is 3.57. The smallest absolute Gasteiger partial charge is 0.341 e. The van der Waals surface area contributed by atoms with E-state index in [9.17, 15) is 23.3 Å². The molecule has 152 valence electrons. The van der Waals surface area contributed by atoms with Crippen molar-refractivity contribution in [2.45, 2.75) is 24.3 Å². The minimum atomic E-state index is -3.67. The van der Waals surface area contributed by atoms with Crippen LogP contribution in [0.25, 0.3) is 6.08 Å². The van der Waals surface area contributed by atoms with Gasteiger partial charge in [-0.15, -0.1) is 0 Å². The molecule has 0 aliphatic heterocycles. The van der Waals surface area contributed by atoms with Crippen LogP contribution in [0.15, 0.2) is 35.0 Å². The Morgan fingerprint density at radius 1 is 1.34 bits per heavy atom. The summed E-state index contributed by atoms with van der Waals surface area (Å²) in [6, 6.07) is 7.83. The van der Waals surface area contributed by atoms with Crippen LogP contribution in [0.1, 0.15) is 19.4 Å². The average Bonchev–Trinajstić information content (AvgIpc) is 3.14. The van der Waals surface area contributed by atoms with Crippen LogP contribution in [0.3, 0.4) is 0 Å². The number of benzene rings is 1. The lowest BCUT2D eigenvalue weighted by molar-refractivity contribution is -0.139. The van der Waals surface area contributed by atoms with Crippen LogP contribution in [0, 0.1) is 11.3 Å². The molecule has 10 nitrogen and oxygen atoms in total. The first kappa shape index (κ1) is 22.0. The molecule has 0 atom stereocenters. The predicted molar refractivity (Wildman–Crippen MR) is 104 cm³/mol. The average molecular weight is 436 g/mol. The highest BCUT2D eigenvalue weighted by Crippen LogP contribution is 2.20. The Morgan fingerprint density at radius 3 is 2.55 bits per heavy atom. The first-order valence-electron chi connectivity index (χ1n) is 8.09. The van der Waals surface area contributed by atoms with Crippen molar-refractivity contribution in [2.75, 3.05) is 11.9 Å². The van der Waals surface area contributed by atoms with Crippen LogP contribution in [0.2, 0.25) is 0 Å². The van der Waals surface area contributed by atoms with Crippen LogP contribution in [0.4, 0.5) is 5.13 Å². The summed E-state index contributed by atoms with van der Waals surface area (Å²) < 4.78 is 32.8. The first-order valence-corrected chi connectivity index (χ1v) is 10.4. The van der Waals surface area contributed by atoms with Crippen molar-refractivity contribution >= 4 is 44.5 Å². The zero-order valence-corrected chi connectivity index (χ0v) is 17.0. The van der Waals surface area contributed by atoms with Crippen LogP contribution >= 0.6 is 11.5 Å². The normalized spacial score (nSPS) is 11.7. The summed E-state index contributed by atoms with van der Waals surface area (Å²) in [4.78, 5) is 26.6. The van der Waals surface area contributed by atoms with Gasteiger partial charge in [-0.05, 0) is 37.6 Å². The molecule has 0 spiro atoms. The lowest BCUT2D eigenvalue weighted by Gasteiger charge is -2.04. The summed E-state index contributed by atoms with van der Waals surface area (Å²) >= 11 is 0.693. The second-order valence-electron chi connectivity index (χ2n) is 5.85. The molecular weight excluding hydrogens is 420 g/mol. The van der Waals surface area contributed by atoms with Gasteiger partial charge in [0.05, 0.1) is 5.25 Å². The molecule has 0 aliphatic carbocycles. The fourth-order valence-electron chi connectivity index (χ4n) is 1.87. The van der Waals surface area contributed by atoms with Crippen molar-refractivity contribution in [3.63, 3.8) is 0 Å². The molecule has 2 N–H and O–H groups in total. The van der Waals surface area contributed by atoms with Gasteiger partial charge in [0.25, 0.3) is 11.1 Å². The molecule has 0 saturated carbocycles. The van der Waals surface area contributed by atoms with Gasteiger partial charge < -0.3 is 9.84 Å². The number of carbonyl (C=O) groups is 2. The number of hydrogen-bond donors (Lipinski definition) is 2. The van der Waals surface area contributed by atoms with E-state index in [4.69, 9.17) is 9.84 Å². The van der Waals surface area contributed by atoms with E-state index in [1.54, 1.807) is 18.2 Å². The number of nitrogens with one attached hydrogen (secondary N) is 1. The molecule has 29 heavy (non-hydrogen) atoms. The monoisotopic (exact) mass is 436 g/mol. The van der Waals surface area contributed by atoms with Crippen molar-refractivity contribution in [2.24, 2.45) is 0 Å². The Bertz CT molecular complexity index is 1080. The summed E-state index contributed by atoms with van der Waals surface area (Å²) in [7, 11) is -3.67. The number of amides is 1. The third-order valence-electron chi connectivity index (χ3n) is 3.42. The molecule has 1 aromatic carbocycles. The number of sulfone groups is 1. The van der Waals surface area contributed by atoms with Crippen molar-refractivity contribution in [1.29, 1.82) is 5.26 Å². The first-order chi connectivity index (χ1) is 13.6. The maximum absolute atomic E-state index is 12.3. The lowest BCUT2D eigenvalue weighted by Crippen LogP contribution is -2.16. The van der Waals surface area contributed by atoms with Crippen molar-refractivity contribution in [3.05, 3.63) is 35.4 Å². The molecule has 2 rings (SSSR count). The number of carbonyl (C=O) groups excluding carboxylic acids is 1. The van der Waals surface area contributed by atoms with E-state index in [2.05, 4.69) is 14.7 Å². The number of rotatable bonds is 8. The van der Waals surface area contributed by atoms with Crippen molar-refractivity contribution in [3.8, 4) is 11.8 Å². The van der Waals surface area contributed by atoms with Gasteiger partial charge in [0.1, 0.15) is 17.4 Å². The molecule has 0 unspecified atom stereocenters. The number of aromatic nitrogens is 2. The molecule has 0 bridgehead atoms. The zero-order valence-electron chi connectivity index (χ0n) is 15.3. The number of carboxylic acid groups (broad SMARTS) is 1. The van der Waals surface area contributed by atoms with Gasteiger partial charge in [0.2, 0.25) is 15.0 Å². The summed E-state index contributed by atoms with van der Waals surface area (Å²) in [5, 5.41) is 19.0. The van der Waals surface area contributed by atoms with E-state index >= 15 is 0 Å². The van der Waals surface area contributed by atoms with Crippen LogP contribution in [-0.4, -0.2) is 46.6 Å². The number of nitrogens with zero attached hydrogens (tertiary/aromatic N) is 3. The summed E-state index contributed by atoms with van der Waals surface area (Å²) in [5.74, 6) is -1.57. The maximum Gasteiger partial charge on any atom is 0.341 e. The third-order valence-corrected chi connectivity index (χ3v) is 6.10. The van der Waals surface area contributed by atoms with E-state index in [0.717, 1.165) is 0 Å². The number of nitriles is 1. The van der Waals surface area contributed by atoms with Gasteiger partial charge in [-0.25, -0.2) is 13.2 Å². The molecule has 0 aliphatic rings. The van der Waals surface area contributed by atoms with E-state index in [1.165, 1.54) is 32.1 Å². The molecule has 1 aromatic heterocycles. The molecule has 1 amide bonds. The highest BCUT2D eigenvalue weighted by atomic mass is 32.2. The van der Waals surface area contributed by atoms with Gasteiger partial charge in [0, 0.05) is 11.5 Å². The highest BCUT2D eigenvalue weighted by Gasteiger charge is 2.25. The van der Waals surface area contributed by atoms with E-state index in [-0.39, 0.29) is 15.9 Å². The van der Waals surface area contributed by atoms with Gasteiger partial charge in [-0.1, -0.05) is 12.1 Å². The lowest BCUT2D eigenvalue weighted by atomic mass is 10.1. The molecular formula is C17H16N4O6S2. The van der Waals surface area contributed by atoms with Crippen LogP contribution in [0.5, 0.6) is 5.75 Å². The summed E-state index contributed by atoms with van der Waals surface area (Å²) in [6.45, 7) is 2.49. The summed E-state index contributed by atoms with van der Waals surface area (Å²) in [5.41, 5.74) is 0.257. The maximum atomic E-state index is 12.3. The standard InChI is InChI=1S/C17H16N4O6S2/c1-10(2)29(25,26)17-20-16(28-21-17)19-15(24)12(8-18)7-11-3-5-13(6-4-11)27-9-14(22)23/h3-7,10H,9H2,1-2H3,(H,22,23)(H,19,20,21,24)/b12-7-. The van der Waals surface area contributed by atoms with Crippen molar-refractivity contribution in [1.82, 2.24) is 9.36 Å². The Labute approximate surface area is 170 Å². The molecule has 1 heterocycles. The Balaban J connectivity index is 2.12. The molecule has 0 fully saturated rings. The third kappa shape index (κ3) is 5.84. The van der Waals surface area contributed by atoms with Crippen molar-refractivity contribution < 1.29 is 27.9 Å². The number of anilines is 1. The Kier molecular flexibility index (Phi) is 7.03. The minimum absolute atomic E-state index is 0.0483. The van der Waals surface area contributed by atoms with E-state index in [1.807, 2.05) is 0 Å². The largest absolute Gasteiger partial charge is 0.482 e. The SMILES string of the molecule is CC(C)S(=O)(=O)c1nsc(NC(=O)/C(C#N)=C\c2ccc(OCC(=O)O)cc2)n1. The number of ether oxygens (including phenoxy) is 1. The second kappa shape index (κ2) is 9.26. The Morgan fingerprint density at radius 2 is 2.00 bits per heavy atom. The van der Waals surface area contributed by atoms with Gasteiger partial charge in [0.15, 0.2) is 6.61 Å². The zero-order chi connectivity index (χ0) is 21.6. The topological polar surface area (TPSA) is 159 Å². The fraction of sp³-hybridized carbons (Fsp3) is 0.235. The van der Waals surface area contributed by atoms with Crippen LogP contribution in [-0.2, 0) is 19.4 Å². The van der Waals surface area contributed by atoms with Gasteiger partial charge in [-0.3, -0.25) is 10.1 Å². The van der Waals surface area contributed by atoms with Gasteiger partial charge >= 0.3 is 5.97 Å². The second-order valence-corrected chi connectivity index (χ2v) is 9.00. The molecule has 2 aromatic rings. The molecule has 0 saturated heterocycles. The quantitative estimate of drug-likeness (QED) is 0.464. The molecule has 12 heteroatoms. The number of aliphatic carboxylic acids is 1. The van der Waals surface area contributed by atoms with E-state index in [0.29, 0.717) is 22.8 Å². The number of hydrogen-bond acceptors (Lipinski definition) is 9. The minimum Gasteiger partial charge on any atom is -0.482 e. The van der Waals surface area contributed by atoms with Gasteiger partial charge in [-0.2, -0.15) is 14.6 Å². The highest BCUT2D eigenvalue weighted by molar-refractivity contribution is 7.91. The van der Waals surface area contributed by atoms with Crippen LogP contribution < -0.4 is 10.1 Å². The Hall–Kier alpha value is -3.30. The summed E-state index contributed by atoms with van der Waals surface area (Å²) in [6.07, 6.45) is 1.31. The number of carboxylic acids is 1. The predicted octanol–water partition coefficient (Wildman–Crippen LogP) is 1.73. The van der Waals surface area contributed by atoms with E-state index < -0.39 is 33.6 Å². The molecule has 0 radical (unpaired) electrons.